The van der Waals surface area contributed by atoms with Crippen LogP contribution in [-0.4, -0.2) is 32.2 Å². The van der Waals surface area contributed by atoms with Gasteiger partial charge in [0.05, 0.1) is 6.54 Å². The normalized spacial score (nSPS) is 13.0. The van der Waals surface area contributed by atoms with Crippen LogP contribution in [0.2, 0.25) is 0 Å². The summed E-state index contributed by atoms with van der Waals surface area (Å²) in [7, 11) is 1.82. The van der Waals surface area contributed by atoms with E-state index in [9.17, 15) is 9.18 Å². The molecule has 1 aliphatic heterocycles. The third-order valence-corrected chi connectivity index (χ3v) is 6.66. The van der Waals surface area contributed by atoms with Crippen molar-refractivity contribution < 1.29 is 9.18 Å². The van der Waals surface area contributed by atoms with Crippen molar-refractivity contribution >= 4 is 11.7 Å². The molecule has 0 saturated carbocycles. The van der Waals surface area contributed by atoms with E-state index in [0.29, 0.717) is 35.2 Å². The van der Waals surface area contributed by atoms with Crippen molar-refractivity contribution in [2.24, 2.45) is 13.0 Å². The molecule has 0 aliphatic carbocycles. The molecule has 0 bridgehead atoms. The quantitative estimate of drug-likeness (QED) is 0.334. The molecular formula is C29H31FN6O. The molecule has 0 fully saturated rings. The van der Waals surface area contributed by atoms with Gasteiger partial charge in [-0.25, -0.2) is 9.37 Å². The number of hydrogen-bond donors (Lipinski definition) is 1. The molecule has 4 aromatic rings. The van der Waals surface area contributed by atoms with Gasteiger partial charge in [-0.1, -0.05) is 32.0 Å². The van der Waals surface area contributed by atoms with Crippen molar-refractivity contribution in [1.29, 1.82) is 0 Å². The van der Waals surface area contributed by atoms with Crippen LogP contribution in [0, 0.1) is 18.7 Å². The van der Waals surface area contributed by atoms with Crippen LogP contribution < -0.4 is 10.2 Å². The van der Waals surface area contributed by atoms with E-state index in [4.69, 9.17) is 0 Å². The molecule has 3 heterocycles. The number of rotatable bonds is 8. The highest BCUT2D eigenvalue weighted by atomic mass is 19.1. The highest BCUT2D eigenvalue weighted by molar-refractivity contribution is 6.10. The van der Waals surface area contributed by atoms with Crippen LogP contribution in [0.1, 0.15) is 47.4 Å². The Kier molecular flexibility index (Phi) is 6.84. The Morgan fingerprint density at radius 1 is 1.05 bits per heavy atom. The molecule has 1 aliphatic rings. The third-order valence-electron chi connectivity index (χ3n) is 6.66. The Balaban J connectivity index is 1.43. The number of amides is 1. The molecular weight excluding hydrogens is 467 g/mol. The van der Waals surface area contributed by atoms with E-state index < -0.39 is 0 Å². The van der Waals surface area contributed by atoms with Crippen molar-refractivity contribution in [3.05, 3.63) is 83.1 Å². The minimum Gasteiger partial charge on any atom is -0.317 e. The highest BCUT2D eigenvalue weighted by Crippen LogP contribution is 2.35. The van der Waals surface area contributed by atoms with Gasteiger partial charge in [0.2, 0.25) is 0 Å². The first-order chi connectivity index (χ1) is 17.8. The number of benzene rings is 2. The number of anilines is 1. The molecule has 0 saturated heterocycles. The SMILES string of the molecule is Cc1cc(CNCCC(C)C)cc(N2Cc3ccc(-c4ccc(F)cc4-c4nncn4C)cc3C2=O)n1. The van der Waals surface area contributed by atoms with Gasteiger partial charge in [-0.2, -0.15) is 0 Å². The number of aromatic nitrogens is 4. The summed E-state index contributed by atoms with van der Waals surface area (Å²) in [5.41, 5.74) is 5.78. The van der Waals surface area contributed by atoms with Crippen molar-refractivity contribution in [2.45, 2.75) is 40.3 Å². The lowest BCUT2D eigenvalue weighted by atomic mass is 9.96. The van der Waals surface area contributed by atoms with E-state index in [1.807, 2.05) is 38.2 Å². The predicted molar refractivity (Wildman–Crippen MR) is 142 cm³/mol. The van der Waals surface area contributed by atoms with Gasteiger partial charge in [-0.3, -0.25) is 9.69 Å². The monoisotopic (exact) mass is 498 g/mol. The number of pyridine rings is 1. The number of aryl methyl sites for hydroxylation is 2. The molecule has 0 unspecified atom stereocenters. The maximum atomic E-state index is 14.2. The molecule has 2 aromatic heterocycles. The maximum Gasteiger partial charge on any atom is 0.260 e. The minimum absolute atomic E-state index is 0.0870. The molecule has 5 rings (SSSR count). The smallest absolute Gasteiger partial charge is 0.260 e. The number of hydrogen-bond acceptors (Lipinski definition) is 5. The lowest BCUT2D eigenvalue weighted by molar-refractivity contribution is 0.0996. The molecule has 1 amide bonds. The van der Waals surface area contributed by atoms with Crippen LogP contribution in [0.15, 0.2) is 54.9 Å². The van der Waals surface area contributed by atoms with Crippen LogP contribution in [0.4, 0.5) is 10.2 Å². The molecule has 7 nitrogen and oxygen atoms in total. The van der Waals surface area contributed by atoms with Gasteiger partial charge in [0.1, 0.15) is 18.0 Å². The predicted octanol–water partition coefficient (Wildman–Crippen LogP) is 5.29. The van der Waals surface area contributed by atoms with Crippen molar-refractivity contribution in [1.82, 2.24) is 25.1 Å². The summed E-state index contributed by atoms with van der Waals surface area (Å²) in [6.07, 6.45) is 2.70. The van der Waals surface area contributed by atoms with E-state index in [2.05, 4.69) is 40.4 Å². The summed E-state index contributed by atoms with van der Waals surface area (Å²) in [4.78, 5) is 19.9. The van der Waals surface area contributed by atoms with Gasteiger partial charge >= 0.3 is 0 Å². The summed E-state index contributed by atoms with van der Waals surface area (Å²) < 4.78 is 15.9. The van der Waals surface area contributed by atoms with Gasteiger partial charge in [-0.15, -0.1) is 10.2 Å². The zero-order chi connectivity index (χ0) is 26.1. The first kappa shape index (κ1) is 24.8. The molecule has 1 N–H and O–H groups in total. The fraction of sp³-hybridized carbons (Fsp3) is 0.310. The van der Waals surface area contributed by atoms with Gasteiger partial charge in [0, 0.05) is 30.4 Å². The number of fused-ring (bicyclic) bond motifs is 1. The third kappa shape index (κ3) is 5.15. The summed E-state index contributed by atoms with van der Waals surface area (Å²) in [6.45, 7) is 8.53. The van der Waals surface area contributed by atoms with E-state index in [1.54, 1.807) is 21.9 Å². The molecule has 190 valence electrons. The van der Waals surface area contributed by atoms with Crippen LogP contribution in [-0.2, 0) is 20.1 Å². The average Bonchev–Trinajstić information content (AvgIpc) is 3.44. The van der Waals surface area contributed by atoms with Crippen molar-refractivity contribution in [2.75, 3.05) is 11.4 Å². The number of carbonyl (C=O) groups is 1. The zero-order valence-electron chi connectivity index (χ0n) is 21.6. The average molecular weight is 499 g/mol. The van der Waals surface area contributed by atoms with Crippen LogP contribution in [0.5, 0.6) is 0 Å². The second-order valence-corrected chi connectivity index (χ2v) is 10.1. The first-order valence-electron chi connectivity index (χ1n) is 12.6. The summed E-state index contributed by atoms with van der Waals surface area (Å²) in [5.74, 6) is 1.42. The molecule has 0 radical (unpaired) electrons. The summed E-state index contributed by atoms with van der Waals surface area (Å²) in [6, 6.07) is 14.5. The molecule has 37 heavy (non-hydrogen) atoms. The summed E-state index contributed by atoms with van der Waals surface area (Å²) in [5, 5.41) is 11.6. The number of carbonyl (C=O) groups excluding carboxylic acids is 1. The van der Waals surface area contributed by atoms with Crippen LogP contribution >= 0.6 is 0 Å². The molecule has 8 heteroatoms. The molecule has 0 atom stereocenters. The largest absolute Gasteiger partial charge is 0.317 e. The Morgan fingerprint density at radius 2 is 1.89 bits per heavy atom. The second kappa shape index (κ2) is 10.2. The first-order valence-corrected chi connectivity index (χ1v) is 12.6. The number of nitrogens with one attached hydrogen (secondary N) is 1. The lowest BCUT2D eigenvalue weighted by Crippen LogP contribution is -2.25. The fourth-order valence-electron chi connectivity index (χ4n) is 4.72. The van der Waals surface area contributed by atoms with E-state index in [-0.39, 0.29) is 11.7 Å². The highest BCUT2D eigenvalue weighted by Gasteiger charge is 2.30. The number of halogens is 1. The Hall–Kier alpha value is -3.91. The molecule has 0 spiro atoms. The minimum atomic E-state index is -0.356. The van der Waals surface area contributed by atoms with Gasteiger partial charge in [0.15, 0.2) is 5.82 Å². The second-order valence-electron chi connectivity index (χ2n) is 10.1. The lowest BCUT2D eigenvalue weighted by Gasteiger charge is -2.17. The van der Waals surface area contributed by atoms with Crippen molar-refractivity contribution in [3.8, 4) is 22.5 Å². The standard InChI is InChI=1S/C29H31FN6O/c1-18(2)9-10-31-15-20-11-19(3)33-27(12-20)36-16-22-6-5-21(13-25(22)29(36)37)24-8-7-23(30)14-26(24)28-34-32-17-35(28)4/h5-8,11-14,17-18,31H,9-10,15-16H2,1-4H3. The zero-order valence-corrected chi connectivity index (χ0v) is 21.6. The maximum absolute atomic E-state index is 14.2. The van der Waals surface area contributed by atoms with Gasteiger partial charge in [-0.05, 0) is 78.4 Å². The fourth-order valence-corrected chi connectivity index (χ4v) is 4.72. The van der Waals surface area contributed by atoms with Gasteiger partial charge in [0.25, 0.3) is 5.91 Å². The molecule has 2 aromatic carbocycles. The van der Waals surface area contributed by atoms with Crippen molar-refractivity contribution in [3.63, 3.8) is 0 Å². The number of nitrogens with zero attached hydrogens (tertiary/aromatic N) is 5. The van der Waals surface area contributed by atoms with Gasteiger partial charge < -0.3 is 9.88 Å². The topological polar surface area (TPSA) is 75.9 Å². The Labute approximate surface area is 216 Å². The van der Waals surface area contributed by atoms with E-state index in [1.165, 1.54) is 12.1 Å². The van der Waals surface area contributed by atoms with Crippen LogP contribution in [0.3, 0.4) is 0 Å². The summed E-state index contributed by atoms with van der Waals surface area (Å²) >= 11 is 0. The van der Waals surface area contributed by atoms with E-state index in [0.717, 1.165) is 47.5 Å². The van der Waals surface area contributed by atoms with Crippen LogP contribution in [0.25, 0.3) is 22.5 Å². The Morgan fingerprint density at radius 3 is 2.65 bits per heavy atom. The Bertz CT molecular complexity index is 1460. The van der Waals surface area contributed by atoms with E-state index >= 15 is 0 Å².